The predicted molar refractivity (Wildman–Crippen MR) is 71.7 cm³/mol. The van der Waals surface area contributed by atoms with Gasteiger partial charge in [-0.1, -0.05) is 0 Å². The van der Waals surface area contributed by atoms with E-state index in [1.54, 1.807) is 0 Å². The number of alkyl halides is 3. The van der Waals surface area contributed by atoms with Crippen LogP contribution in [-0.4, -0.2) is 48.6 Å². The summed E-state index contributed by atoms with van der Waals surface area (Å²) in [6.07, 6.45) is -2.49. The minimum Gasteiger partial charge on any atom is -0.354 e. The zero-order valence-electron chi connectivity index (χ0n) is 11.4. The van der Waals surface area contributed by atoms with Crippen molar-refractivity contribution in [2.24, 2.45) is 17.6 Å². The van der Waals surface area contributed by atoms with E-state index in [0.717, 1.165) is 12.8 Å². The first kappa shape index (κ1) is 18.0. The lowest BCUT2D eigenvalue weighted by molar-refractivity contribution is -0.157. The fourth-order valence-corrected chi connectivity index (χ4v) is 2.37. The number of halogens is 4. The number of likely N-dealkylation sites (tertiary alicyclic amines) is 1. The van der Waals surface area contributed by atoms with Crippen LogP contribution in [0.1, 0.15) is 19.3 Å². The Morgan fingerprint density at radius 2 is 2.05 bits per heavy atom. The number of hydrogen-bond donors (Lipinski definition) is 2. The summed E-state index contributed by atoms with van der Waals surface area (Å²) in [7, 11) is 0. The molecule has 1 aliphatic heterocycles. The van der Waals surface area contributed by atoms with E-state index >= 15 is 0 Å². The zero-order valence-corrected chi connectivity index (χ0v) is 12.2. The first-order valence-corrected chi connectivity index (χ1v) is 6.64. The Labute approximate surface area is 126 Å². The second kappa shape index (κ2) is 6.83. The van der Waals surface area contributed by atoms with Crippen molar-refractivity contribution in [2.75, 3.05) is 19.6 Å². The molecule has 122 valence electrons. The maximum absolute atomic E-state index is 12.2. The summed E-state index contributed by atoms with van der Waals surface area (Å²) >= 11 is 0. The van der Waals surface area contributed by atoms with Gasteiger partial charge < -0.3 is 16.0 Å². The van der Waals surface area contributed by atoms with E-state index in [-0.39, 0.29) is 37.3 Å². The second-order valence-corrected chi connectivity index (χ2v) is 5.54. The first-order chi connectivity index (χ1) is 9.26. The smallest absolute Gasteiger partial charge is 0.354 e. The quantitative estimate of drug-likeness (QED) is 0.778. The third kappa shape index (κ3) is 5.35. The lowest BCUT2D eigenvalue weighted by atomic mass is 10.1. The molecular weight excluding hydrogens is 311 g/mol. The van der Waals surface area contributed by atoms with Gasteiger partial charge in [-0.3, -0.25) is 9.59 Å². The van der Waals surface area contributed by atoms with Crippen molar-refractivity contribution in [3.8, 4) is 0 Å². The highest BCUT2D eigenvalue weighted by Crippen LogP contribution is 2.31. The van der Waals surface area contributed by atoms with Crippen molar-refractivity contribution >= 4 is 24.2 Å². The summed E-state index contributed by atoms with van der Waals surface area (Å²) in [5.41, 5.74) is 5.82. The van der Waals surface area contributed by atoms with Gasteiger partial charge in [0.05, 0.1) is 5.92 Å². The molecule has 5 nitrogen and oxygen atoms in total. The minimum atomic E-state index is -4.44. The third-order valence-corrected chi connectivity index (χ3v) is 3.69. The SMILES string of the molecule is Cl.NC(CNC(=O)C1CC(=O)N(CC(F)(F)F)C1)C1CC1. The Bertz CT molecular complexity index is 402. The molecular formula is C12H19ClF3N3O2. The van der Waals surface area contributed by atoms with Crippen LogP contribution >= 0.6 is 12.4 Å². The van der Waals surface area contributed by atoms with Crippen LogP contribution in [0, 0.1) is 11.8 Å². The minimum absolute atomic E-state index is 0. The summed E-state index contributed by atoms with van der Waals surface area (Å²) in [5.74, 6) is -1.30. The van der Waals surface area contributed by atoms with Crippen LogP contribution in [0.15, 0.2) is 0 Å². The van der Waals surface area contributed by atoms with Crippen molar-refractivity contribution in [3.63, 3.8) is 0 Å². The predicted octanol–water partition coefficient (Wildman–Crippen LogP) is 0.672. The number of carbonyl (C=O) groups excluding carboxylic acids is 2. The topological polar surface area (TPSA) is 75.4 Å². The van der Waals surface area contributed by atoms with Gasteiger partial charge >= 0.3 is 6.18 Å². The molecule has 2 atom stereocenters. The molecule has 0 bridgehead atoms. The highest BCUT2D eigenvalue weighted by molar-refractivity contribution is 5.89. The van der Waals surface area contributed by atoms with E-state index in [2.05, 4.69) is 5.32 Å². The Morgan fingerprint density at radius 1 is 1.43 bits per heavy atom. The molecule has 0 radical (unpaired) electrons. The molecule has 0 aromatic rings. The Morgan fingerprint density at radius 3 is 2.57 bits per heavy atom. The van der Waals surface area contributed by atoms with Gasteiger partial charge in [0.2, 0.25) is 11.8 Å². The fraction of sp³-hybridized carbons (Fsp3) is 0.833. The molecule has 0 spiro atoms. The van der Waals surface area contributed by atoms with E-state index < -0.39 is 24.5 Å². The van der Waals surface area contributed by atoms with Crippen molar-refractivity contribution in [3.05, 3.63) is 0 Å². The maximum Gasteiger partial charge on any atom is 0.406 e. The third-order valence-electron chi connectivity index (χ3n) is 3.69. The van der Waals surface area contributed by atoms with Crippen molar-refractivity contribution < 1.29 is 22.8 Å². The van der Waals surface area contributed by atoms with Crippen LogP contribution in [0.3, 0.4) is 0 Å². The Hall–Kier alpha value is -1.02. The Balaban J connectivity index is 0.00000220. The van der Waals surface area contributed by atoms with Gasteiger partial charge in [0.25, 0.3) is 0 Å². The second-order valence-electron chi connectivity index (χ2n) is 5.54. The summed E-state index contributed by atoms with van der Waals surface area (Å²) in [6, 6.07) is -0.109. The number of hydrogen-bond acceptors (Lipinski definition) is 3. The van der Waals surface area contributed by atoms with Crippen molar-refractivity contribution in [2.45, 2.75) is 31.5 Å². The highest BCUT2D eigenvalue weighted by Gasteiger charge is 2.40. The summed E-state index contributed by atoms with van der Waals surface area (Å²) in [6.45, 7) is -1.16. The van der Waals surface area contributed by atoms with Crippen LogP contribution in [0.25, 0.3) is 0 Å². The molecule has 2 rings (SSSR count). The van der Waals surface area contributed by atoms with Gasteiger partial charge in [-0.2, -0.15) is 13.2 Å². The van der Waals surface area contributed by atoms with Crippen LogP contribution < -0.4 is 11.1 Å². The van der Waals surface area contributed by atoms with E-state index in [1.165, 1.54) is 0 Å². The van der Waals surface area contributed by atoms with Gasteiger partial charge in [0.15, 0.2) is 0 Å². The fourth-order valence-electron chi connectivity index (χ4n) is 2.37. The number of nitrogens with zero attached hydrogens (tertiary/aromatic N) is 1. The molecule has 1 saturated carbocycles. The standard InChI is InChI=1S/C12H18F3N3O2.ClH/c13-12(14,15)6-18-5-8(3-10(18)19)11(20)17-4-9(16)7-1-2-7;/h7-9H,1-6,16H2,(H,17,20);1H. The molecule has 9 heteroatoms. The molecule has 2 aliphatic rings. The Kier molecular flexibility index (Phi) is 5.86. The van der Waals surface area contributed by atoms with Crippen LogP contribution in [0.5, 0.6) is 0 Å². The van der Waals surface area contributed by atoms with E-state index in [9.17, 15) is 22.8 Å². The van der Waals surface area contributed by atoms with Crippen LogP contribution in [0.4, 0.5) is 13.2 Å². The molecule has 2 amide bonds. The molecule has 0 aromatic heterocycles. The molecule has 1 heterocycles. The lowest BCUT2D eigenvalue weighted by Gasteiger charge is -2.18. The van der Waals surface area contributed by atoms with E-state index in [4.69, 9.17) is 5.73 Å². The molecule has 1 aliphatic carbocycles. The van der Waals surface area contributed by atoms with Gasteiger partial charge in [0, 0.05) is 25.6 Å². The molecule has 0 aromatic carbocycles. The average molecular weight is 330 g/mol. The monoisotopic (exact) mass is 329 g/mol. The van der Waals surface area contributed by atoms with Crippen LogP contribution in [0.2, 0.25) is 0 Å². The molecule has 21 heavy (non-hydrogen) atoms. The molecule has 1 saturated heterocycles. The van der Waals surface area contributed by atoms with Crippen molar-refractivity contribution in [1.29, 1.82) is 0 Å². The van der Waals surface area contributed by atoms with E-state index in [0.29, 0.717) is 17.4 Å². The highest BCUT2D eigenvalue weighted by atomic mass is 35.5. The number of amides is 2. The van der Waals surface area contributed by atoms with Gasteiger partial charge in [-0.05, 0) is 18.8 Å². The number of nitrogens with two attached hydrogens (primary N) is 1. The van der Waals surface area contributed by atoms with Gasteiger partial charge in [-0.25, -0.2) is 0 Å². The largest absolute Gasteiger partial charge is 0.406 e. The summed E-state index contributed by atoms with van der Waals surface area (Å²) in [4.78, 5) is 24.0. The molecule has 3 N–H and O–H groups in total. The maximum atomic E-state index is 12.2. The number of carbonyl (C=O) groups is 2. The molecule has 2 unspecified atom stereocenters. The first-order valence-electron chi connectivity index (χ1n) is 6.64. The number of rotatable bonds is 5. The van der Waals surface area contributed by atoms with Gasteiger partial charge in [-0.15, -0.1) is 12.4 Å². The molecule has 2 fully saturated rings. The van der Waals surface area contributed by atoms with E-state index in [1.807, 2.05) is 0 Å². The zero-order chi connectivity index (χ0) is 14.9. The van der Waals surface area contributed by atoms with Crippen molar-refractivity contribution in [1.82, 2.24) is 10.2 Å². The number of nitrogens with one attached hydrogen (secondary N) is 1. The average Bonchev–Trinajstić information content (AvgIpc) is 3.11. The summed E-state index contributed by atoms with van der Waals surface area (Å²) < 4.78 is 36.7. The normalized spacial score (nSPS) is 23.7. The van der Waals surface area contributed by atoms with Crippen LogP contribution in [-0.2, 0) is 9.59 Å². The lowest BCUT2D eigenvalue weighted by Crippen LogP contribution is -2.42. The summed E-state index contributed by atoms with van der Waals surface area (Å²) in [5, 5.41) is 2.63. The van der Waals surface area contributed by atoms with Gasteiger partial charge in [0.1, 0.15) is 6.54 Å².